The first-order valence-electron chi connectivity index (χ1n) is 4.49. The molecule has 0 amide bonds. The number of likely N-dealkylation sites (tertiary alicyclic amines) is 1. The van der Waals surface area contributed by atoms with Crippen molar-refractivity contribution in [3.8, 4) is 0 Å². The van der Waals surface area contributed by atoms with Gasteiger partial charge in [-0.1, -0.05) is 0 Å². The lowest BCUT2D eigenvalue weighted by Gasteiger charge is -2.36. The smallest absolute Gasteiger partial charge is 0.0727 e. The van der Waals surface area contributed by atoms with E-state index in [4.69, 9.17) is 5.73 Å². The summed E-state index contributed by atoms with van der Waals surface area (Å²) < 4.78 is 0. The monoisotopic (exact) mass is 178 g/mol. The first-order chi connectivity index (χ1) is 6.24. The second-order valence-corrected chi connectivity index (χ2v) is 3.60. The van der Waals surface area contributed by atoms with E-state index < -0.39 is 0 Å². The minimum absolute atomic E-state index is 0.360. The molecule has 1 aliphatic rings. The lowest BCUT2D eigenvalue weighted by atomic mass is 10.1. The van der Waals surface area contributed by atoms with Crippen LogP contribution >= 0.6 is 0 Å². The van der Waals surface area contributed by atoms with Crippen LogP contribution in [0.4, 0.5) is 0 Å². The summed E-state index contributed by atoms with van der Waals surface area (Å²) in [5.74, 6) is 0. The SMILES string of the molecule is Cc1cnc(CN2CC(N)C2)cn1. The van der Waals surface area contributed by atoms with Crippen LogP contribution in [-0.2, 0) is 6.54 Å². The van der Waals surface area contributed by atoms with Crippen molar-refractivity contribution in [2.24, 2.45) is 5.73 Å². The van der Waals surface area contributed by atoms with Crippen LogP contribution in [0.3, 0.4) is 0 Å². The highest BCUT2D eigenvalue weighted by Crippen LogP contribution is 2.09. The van der Waals surface area contributed by atoms with Gasteiger partial charge >= 0.3 is 0 Å². The molecule has 0 radical (unpaired) electrons. The number of hydrogen-bond donors (Lipinski definition) is 1. The van der Waals surface area contributed by atoms with Gasteiger partial charge in [0.05, 0.1) is 11.4 Å². The summed E-state index contributed by atoms with van der Waals surface area (Å²) in [6.45, 7) is 4.78. The lowest BCUT2D eigenvalue weighted by molar-refractivity contribution is 0.140. The number of nitrogens with zero attached hydrogens (tertiary/aromatic N) is 3. The summed E-state index contributed by atoms with van der Waals surface area (Å²) in [5, 5.41) is 0. The lowest BCUT2D eigenvalue weighted by Crippen LogP contribution is -2.54. The van der Waals surface area contributed by atoms with E-state index in [2.05, 4.69) is 14.9 Å². The Hall–Kier alpha value is -1.00. The molecule has 1 aromatic rings. The van der Waals surface area contributed by atoms with Crippen molar-refractivity contribution in [1.82, 2.24) is 14.9 Å². The molecule has 2 heterocycles. The van der Waals surface area contributed by atoms with Gasteiger partial charge in [0.1, 0.15) is 0 Å². The molecule has 2 N–H and O–H groups in total. The van der Waals surface area contributed by atoms with Crippen molar-refractivity contribution < 1.29 is 0 Å². The molecule has 4 heteroatoms. The average molecular weight is 178 g/mol. The highest BCUT2D eigenvalue weighted by Gasteiger charge is 2.22. The Morgan fingerprint density at radius 3 is 2.77 bits per heavy atom. The molecule has 0 bridgehead atoms. The molecule has 1 saturated heterocycles. The zero-order valence-electron chi connectivity index (χ0n) is 7.77. The Morgan fingerprint density at radius 2 is 2.23 bits per heavy atom. The maximum atomic E-state index is 5.67. The third kappa shape index (κ3) is 2.02. The van der Waals surface area contributed by atoms with Crippen LogP contribution in [0.5, 0.6) is 0 Å². The van der Waals surface area contributed by atoms with Gasteiger partial charge in [-0.2, -0.15) is 0 Å². The van der Waals surface area contributed by atoms with Gasteiger partial charge in [-0.15, -0.1) is 0 Å². The first-order valence-corrected chi connectivity index (χ1v) is 4.49. The zero-order valence-corrected chi connectivity index (χ0v) is 7.77. The van der Waals surface area contributed by atoms with Crippen molar-refractivity contribution in [3.05, 3.63) is 23.8 Å². The van der Waals surface area contributed by atoms with Crippen molar-refractivity contribution in [2.75, 3.05) is 13.1 Å². The molecule has 2 rings (SSSR count). The highest BCUT2D eigenvalue weighted by atomic mass is 15.2. The molecule has 70 valence electrons. The van der Waals surface area contributed by atoms with Crippen molar-refractivity contribution in [2.45, 2.75) is 19.5 Å². The van der Waals surface area contributed by atoms with Gasteiger partial charge in [0.15, 0.2) is 0 Å². The average Bonchev–Trinajstić information content (AvgIpc) is 2.06. The van der Waals surface area contributed by atoms with Gasteiger partial charge in [0.25, 0.3) is 0 Å². The molecule has 0 unspecified atom stereocenters. The predicted octanol–water partition coefficient (Wildman–Crippen LogP) is -0.0721. The third-order valence-corrected chi connectivity index (χ3v) is 2.21. The van der Waals surface area contributed by atoms with E-state index in [-0.39, 0.29) is 0 Å². The molecular weight excluding hydrogens is 164 g/mol. The van der Waals surface area contributed by atoms with Crippen LogP contribution in [0.15, 0.2) is 12.4 Å². The van der Waals surface area contributed by atoms with Gasteiger partial charge in [0.2, 0.25) is 0 Å². The summed E-state index contributed by atoms with van der Waals surface area (Å²) in [6, 6.07) is 0.360. The number of nitrogens with two attached hydrogens (primary N) is 1. The van der Waals surface area contributed by atoms with Crippen molar-refractivity contribution in [1.29, 1.82) is 0 Å². The summed E-state index contributed by atoms with van der Waals surface area (Å²) >= 11 is 0. The fourth-order valence-corrected chi connectivity index (χ4v) is 1.47. The number of hydrogen-bond acceptors (Lipinski definition) is 4. The summed E-state index contributed by atoms with van der Waals surface area (Å²) in [6.07, 6.45) is 3.63. The Labute approximate surface area is 77.8 Å². The molecule has 1 aromatic heterocycles. The van der Waals surface area contributed by atoms with E-state index in [9.17, 15) is 0 Å². The Morgan fingerprint density at radius 1 is 1.46 bits per heavy atom. The maximum Gasteiger partial charge on any atom is 0.0727 e. The summed E-state index contributed by atoms with van der Waals surface area (Å²) in [5.41, 5.74) is 7.66. The Kier molecular flexibility index (Phi) is 2.24. The van der Waals surface area contributed by atoms with Gasteiger partial charge < -0.3 is 5.73 Å². The predicted molar refractivity (Wildman–Crippen MR) is 50.0 cm³/mol. The Balaban J connectivity index is 1.91. The number of aryl methyl sites for hydroxylation is 1. The number of rotatable bonds is 2. The minimum Gasteiger partial charge on any atom is -0.325 e. The van der Waals surface area contributed by atoms with Crippen LogP contribution < -0.4 is 5.73 Å². The molecule has 0 atom stereocenters. The van der Waals surface area contributed by atoms with E-state index in [0.29, 0.717) is 6.04 Å². The van der Waals surface area contributed by atoms with Crippen LogP contribution in [-0.4, -0.2) is 34.0 Å². The summed E-state index contributed by atoms with van der Waals surface area (Å²) in [4.78, 5) is 10.7. The zero-order chi connectivity index (χ0) is 9.26. The standard InChI is InChI=1S/C9H14N4/c1-7-2-12-9(3-11-7)6-13-4-8(10)5-13/h2-3,8H,4-6,10H2,1H3. The van der Waals surface area contributed by atoms with Gasteiger partial charge in [0, 0.05) is 38.1 Å². The topological polar surface area (TPSA) is 55.0 Å². The van der Waals surface area contributed by atoms with E-state index in [1.54, 1.807) is 6.20 Å². The molecule has 0 aromatic carbocycles. The molecule has 1 aliphatic heterocycles. The first kappa shape index (κ1) is 8.59. The van der Waals surface area contributed by atoms with Crippen molar-refractivity contribution >= 4 is 0 Å². The molecule has 0 saturated carbocycles. The van der Waals surface area contributed by atoms with Crippen LogP contribution in [0.1, 0.15) is 11.4 Å². The van der Waals surface area contributed by atoms with Crippen LogP contribution in [0.2, 0.25) is 0 Å². The van der Waals surface area contributed by atoms with Gasteiger partial charge in [-0.25, -0.2) is 0 Å². The van der Waals surface area contributed by atoms with E-state index in [1.807, 2.05) is 13.1 Å². The molecule has 0 spiro atoms. The molecule has 4 nitrogen and oxygen atoms in total. The largest absolute Gasteiger partial charge is 0.325 e. The van der Waals surface area contributed by atoms with E-state index >= 15 is 0 Å². The van der Waals surface area contributed by atoms with Gasteiger partial charge in [-0.3, -0.25) is 14.9 Å². The highest BCUT2D eigenvalue weighted by molar-refractivity contribution is 5.01. The normalized spacial score (nSPS) is 18.6. The van der Waals surface area contributed by atoms with Crippen LogP contribution in [0.25, 0.3) is 0 Å². The quantitative estimate of drug-likeness (QED) is 0.688. The van der Waals surface area contributed by atoms with Crippen molar-refractivity contribution in [3.63, 3.8) is 0 Å². The second-order valence-electron chi connectivity index (χ2n) is 3.60. The molecule has 13 heavy (non-hydrogen) atoms. The fraction of sp³-hybridized carbons (Fsp3) is 0.556. The fourth-order valence-electron chi connectivity index (χ4n) is 1.47. The molecule has 1 fully saturated rings. The molecule has 0 aliphatic carbocycles. The minimum atomic E-state index is 0.360. The van der Waals surface area contributed by atoms with E-state index in [0.717, 1.165) is 31.0 Å². The van der Waals surface area contributed by atoms with Gasteiger partial charge in [-0.05, 0) is 6.92 Å². The number of aromatic nitrogens is 2. The van der Waals surface area contributed by atoms with Crippen LogP contribution in [0, 0.1) is 6.92 Å². The Bertz CT molecular complexity index is 276. The molecular formula is C9H14N4. The van der Waals surface area contributed by atoms with E-state index in [1.165, 1.54) is 0 Å². The maximum absolute atomic E-state index is 5.67. The summed E-state index contributed by atoms with van der Waals surface area (Å²) in [7, 11) is 0. The second kappa shape index (κ2) is 3.40. The third-order valence-electron chi connectivity index (χ3n) is 2.21.